The maximum atomic E-state index is 12.7. The second kappa shape index (κ2) is 6.51. The van der Waals surface area contributed by atoms with Crippen LogP contribution in [0.4, 0.5) is 0 Å². The van der Waals surface area contributed by atoms with E-state index >= 15 is 0 Å². The van der Waals surface area contributed by atoms with Gasteiger partial charge in [-0.2, -0.15) is 0 Å². The Balaban J connectivity index is 2.30. The summed E-state index contributed by atoms with van der Waals surface area (Å²) in [6.07, 6.45) is 3.77. The topological polar surface area (TPSA) is 101 Å². The maximum Gasteiger partial charge on any atom is 0.340 e. The molecule has 0 bridgehead atoms. The third-order valence-electron chi connectivity index (χ3n) is 3.55. The van der Waals surface area contributed by atoms with Gasteiger partial charge in [-0.1, -0.05) is 0 Å². The lowest BCUT2D eigenvalue weighted by molar-refractivity contribution is 0.0691. The van der Waals surface area contributed by atoms with Gasteiger partial charge in [-0.15, -0.1) is 0 Å². The van der Waals surface area contributed by atoms with E-state index in [-0.39, 0.29) is 28.5 Å². The SMILES string of the molecule is Cc1oc(C)c(S(=O)(=O)N(C)CCc2ccncc2)c1C(=O)O. The molecule has 0 aromatic carbocycles. The third-order valence-corrected chi connectivity index (χ3v) is 5.56. The normalized spacial score (nSPS) is 11.8. The average molecular weight is 338 g/mol. The zero-order chi connectivity index (χ0) is 17.2. The molecule has 2 rings (SSSR count). The fourth-order valence-corrected chi connectivity index (χ4v) is 3.87. The summed E-state index contributed by atoms with van der Waals surface area (Å²) in [5.74, 6) is -1.16. The highest BCUT2D eigenvalue weighted by Crippen LogP contribution is 2.28. The molecule has 2 aromatic heterocycles. The monoisotopic (exact) mass is 338 g/mol. The molecule has 0 atom stereocenters. The minimum Gasteiger partial charge on any atom is -0.478 e. The number of aromatic carboxylic acids is 1. The smallest absolute Gasteiger partial charge is 0.340 e. The van der Waals surface area contributed by atoms with Gasteiger partial charge in [-0.25, -0.2) is 17.5 Å². The molecule has 8 heteroatoms. The van der Waals surface area contributed by atoms with Crippen molar-refractivity contribution >= 4 is 16.0 Å². The molecule has 1 N–H and O–H groups in total. The molecule has 0 saturated carbocycles. The Kier molecular flexibility index (Phi) is 4.86. The molecular formula is C15H18N2O5S. The first-order valence-corrected chi connectivity index (χ1v) is 8.37. The highest BCUT2D eigenvalue weighted by atomic mass is 32.2. The largest absolute Gasteiger partial charge is 0.478 e. The Morgan fingerprint density at radius 3 is 2.43 bits per heavy atom. The Bertz CT molecular complexity index is 812. The van der Waals surface area contributed by atoms with E-state index in [1.807, 2.05) is 0 Å². The van der Waals surface area contributed by atoms with Crippen molar-refractivity contribution in [1.82, 2.24) is 9.29 Å². The van der Waals surface area contributed by atoms with Crippen LogP contribution in [0, 0.1) is 13.8 Å². The number of furan rings is 1. The predicted octanol–water partition coefficient (Wildman–Crippen LogP) is 1.85. The van der Waals surface area contributed by atoms with E-state index in [0.717, 1.165) is 9.87 Å². The first-order chi connectivity index (χ1) is 10.7. The van der Waals surface area contributed by atoms with Crippen molar-refractivity contribution < 1.29 is 22.7 Å². The maximum absolute atomic E-state index is 12.7. The minimum absolute atomic E-state index is 0.0793. The molecule has 0 aliphatic carbocycles. The van der Waals surface area contributed by atoms with Gasteiger partial charge in [0, 0.05) is 26.0 Å². The van der Waals surface area contributed by atoms with Gasteiger partial charge in [0.1, 0.15) is 22.0 Å². The number of aromatic nitrogens is 1. The van der Waals surface area contributed by atoms with Crippen LogP contribution >= 0.6 is 0 Å². The summed E-state index contributed by atoms with van der Waals surface area (Å²) in [5, 5.41) is 9.26. The summed E-state index contributed by atoms with van der Waals surface area (Å²) >= 11 is 0. The highest BCUT2D eigenvalue weighted by molar-refractivity contribution is 7.89. The fraction of sp³-hybridized carbons (Fsp3) is 0.333. The van der Waals surface area contributed by atoms with E-state index < -0.39 is 16.0 Å². The lowest BCUT2D eigenvalue weighted by atomic mass is 10.2. The van der Waals surface area contributed by atoms with Gasteiger partial charge in [-0.3, -0.25) is 4.98 Å². The van der Waals surface area contributed by atoms with E-state index in [9.17, 15) is 18.3 Å². The van der Waals surface area contributed by atoms with Crippen LogP contribution in [0.3, 0.4) is 0 Å². The number of carbonyl (C=O) groups is 1. The third kappa shape index (κ3) is 3.43. The minimum atomic E-state index is -3.95. The summed E-state index contributed by atoms with van der Waals surface area (Å²) in [6, 6.07) is 3.60. The number of nitrogens with zero attached hydrogens (tertiary/aromatic N) is 2. The van der Waals surface area contributed by atoms with Gasteiger partial charge in [-0.05, 0) is 38.0 Å². The summed E-state index contributed by atoms with van der Waals surface area (Å²) in [7, 11) is -2.53. The van der Waals surface area contributed by atoms with Gasteiger partial charge in [0.05, 0.1) is 0 Å². The summed E-state index contributed by atoms with van der Waals surface area (Å²) < 4.78 is 31.8. The van der Waals surface area contributed by atoms with Gasteiger partial charge < -0.3 is 9.52 Å². The summed E-state index contributed by atoms with van der Waals surface area (Å²) in [6.45, 7) is 3.10. The number of sulfonamides is 1. The summed E-state index contributed by atoms with van der Waals surface area (Å²) in [5.41, 5.74) is 0.638. The Hall–Kier alpha value is -2.19. The van der Waals surface area contributed by atoms with Crippen LogP contribution < -0.4 is 0 Å². The molecule has 0 saturated heterocycles. The molecule has 0 aliphatic rings. The first kappa shape index (κ1) is 17.2. The van der Waals surface area contributed by atoms with Crippen molar-refractivity contribution in [2.75, 3.05) is 13.6 Å². The molecule has 124 valence electrons. The van der Waals surface area contributed by atoms with Crippen LogP contribution in [0.15, 0.2) is 33.8 Å². The van der Waals surface area contributed by atoms with Crippen LogP contribution in [0.2, 0.25) is 0 Å². The number of carboxylic acids is 1. The van der Waals surface area contributed by atoms with E-state index in [2.05, 4.69) is 4.98 Å². The molecule has 2 heterocycles. The number of pyridine rings is 1. The molecule has 7 nitrogen and oxygen atoms in total. The highest BCUT2D eigenvalue weighted by Gasteiger charge is 2.33. The van der Waals surface area contributed by atoms with Crippen molar-refractivity contribution in [2.24, 2.45) is 0 Å². The van der Waals surface area contributed by atoms with Crippen molar-refractivity contribution in [3.05, 3.63) is 47.2 Å². The van der Waals surface area contributed by atoms with E-state index in [1.165, 1.54) is 20.9 Å². The molecule has 23 heavy (non-hydrogen) atoms. The number of hydrogen-bond acceptors (Lipinski definition) is 5. The van der Waals surface area contributed by atoms with Crippen molar-refractivity contribution in [2.45, 2.75) is 25.2 Å². The first-order valence-electron chi connectivity index (χ1n) is 6.93. The predicted molar refractivity (Wildman–Crippen MR) is 82.9 cm³/mol. The van der Waals surface area contributed by atoms with Crippen molar-refractivity contribution in [3.8, 4) is 0 Å². The second-order valence-corrected chi connectivity index (χ2v) is 7.14. The van der Waals surface area contributed by atoms with Gasteiger partial charge in [0.2, 0.25) is 10.0 Å². The second-order valence-electron chi connectivity index (χ2n) is 5.16. The summed E-state index contributed by atoms with van der Waals surface area (Å²) in [4.78, 5) is 15.0. The molecule has 0 spiro atoms. The Labute approximate surface area is 134 Å². The molecule has 0 unspecified atom stereocenters. The lowest BCUT2D eigenvalue weighted by Gasteiger charge is -2.17. The fourth-order valence-electron chi connectivity index (χ4n) is 2.33. The van der Waals surface area contributed by atoms with Gasteiger partial charge >= 0.3 is 5.97 Å². The number of aryl methyl sites for hydroxylation is 2. The number of rotatable bonds is 6. The quantitative estimate of drug-likeness (QED) is 0.862. The Morgan fingerprint density at radius 1 is 1.26 bits per heavy atom. The number of carboxylic acid groups (broad SMARTS) is 1. The molecule has 2 aromatic rings. The Morgan fingerprint density at radius 2 is 1.87 bits per heavy atom. The number of likely N-dealkylation sites (N-methyl/N-ethyl adjacent to an activating group) is 1. The zero-order valence-electron chi connectivity index (χ0n) is 13.1. The van der Waals surface area contributed by atoms with E-state index in [0.29, 0.717) is 6.42 Å². The standard InChI is InChI=1S/C15H18N2O5S/c1-10-13(15(18)19)14(11(2)22-10)23(20,21)17(3)9-6-12-4-7-16-8-5-12/h4-5,7-8H,6,9H2,1-3H3,(H,18,19). The van der Waals surface area contributed by atoms with Crippen LogP contribution in [-0.4, -0.2) is 42.4 Å². The number of hydrogen-bond donors (Lipinski definition) is 1. The van der Waals surface area contributed by atoms with Crippen molar-refractivity contribution in [3.63, 3.8) is 0 Å². The van der Waals surface area contributed by atoms with Gasteiger partial charge in [0.25, 0.3) is 0 Å². The molecule has 0 amide bonds. The van der Waals surface area contributed by atoms with Crippen LogP contribution in [-0.2, 0) is 16.4 Å². The van der Waals surface area contributed by atoms with E-state index in [4.69, 9.17) is 4.42 Å². The van der Waals surface area contributed by atoms with Crippen molar-refractivity contribution in [1.29, 1.82) is 0 Å². The zero-order valence-corrected chi connectivity index (χ0v) is 13.9. The lowest BCUT2D eigenvalue weighted by Crippen LogP contribution is -2.30. The molecular weight excluding hydrogens is 320 g/mol. The molecule has 0 aliphatic heterocycles. The molecule has 0 fully saturated rings. The van der Waals surface area contributed by atoms with Crippen LogP contribution in [0.5, 0.6) is 0 Å². The van der Waals surface area contributed by atoms with Crippen LogP contribution in [0.1, 0.15) is 27.4 Å². The van der Waals surface area contributed by atoms with Gasteiger partial charge in [0.15, 0.2) is 0 Å². The molecule has 0 radical (unpaired) electrons. The average Bonchev–Trinajstić information content (AvgIpc) is 2.81. The van der Waals surface area contributed by atoms with Crippen LogP contribution in [0.25, 0.3) is 0 Å². The van der Waals surface area contributed by atoms with E-state index in [1.54, 1.807) is 24.5 Å².